The molecule has 0 bridgehead atoms. The first-order valence-corrected chi connectivity index (χ1v) is 4.35. The summed E-state index contributed by atoms with van der Waals surface area (Å²) in [5, 5.41) is 6.18. The van der Waals surface area contributed by atoms with E-state index in [1.807, 2.05) is 0 Å². The quantitative estimate of drug-likeness (QED) is 0.395. The zero-order valence-corrected chi connectivity index (χ0v) is 8.74. The molecule has 0 aromatic carbocycles. The number of carbonyl (C=O) groups is 1. The summed E-state index contributed by atoms with van der Waals surface area (Å²) in [5.41, 5.74) is 0. The monoisotopic (exact) mass is 200 g/mol. The molecule has 0 aromatic rings. The number of carbonyl (C=O) groups excluding carboxylic acids is 1. The van der Waals surface area contributed by atoms with Crippen LogP contribution in [0.4, 0.5) is 0 Å². The third-order valence-electron chi connectivity index (χ3n) is 1.39. The number of ether oxygens (including phenoxy) is 1. The first kappa shape index (κ1) is 12.5. The Labute approximate surface area is 83.8 Å². The Bertz CT molecular complexity index is 224. The topological polar surface area (TPSA) is 59.9 Å². The summed E-state index contributed by atoms with van der Waals surface area (Å²) in [6, 6.07) is 0. The normalized spacial score (nSPS) is 11.5. The largest absolute Gasteiger partial charge is 0.498 e. The van der Waals surface area contributed by atoms with Crippen molar-refractivity contribution in [1.82, 2.24) is 5.32 Å². The van der Waals surface area contributed by atoms with Crippen molar-refractivity contribution in [3.63, 3.8) is 0 Å². The molecule has 1 amide bonds. The molecule has 80 valence electrons. The highest BCUT2D eigenvalue weighted by Gasteiger charge is 1.91. The van der Waals surface area contributed by atoms with Crippen molar-refractivity contribution < 1.29 is 14.4 Å². The molecule has 5 heteroatoms. The molecule has 5 nitrogen and oxygen atoms in total. The lowest BCUT2D eigenvalue weighted by Gasteiger charge is -1.97. The molecule has 0 radical (unpaired) electrons. The SMILES string of the molecule is CCC(=O)NCC=NOC=C(C)OC. The molecule has 0 saturated carbocycles. The second kappa shape index (κ2) is 8.10. The van der Waals surface area contributed by atoms with Gasteiger partial charge in [0, 0.05) is 6.42 Å². The van der Waals surface area contributed by atoms with Crippen molar-refractivity contribution in [2.75, 3.05) is 13.7 Å². The fourth-order valence-electron chi connectivity index (χ4n) is 0.518. The standard InChI is InChI=1S/C9H16N2O3/c1-4-9(12)10-5-6-11-14-7-8(2)13-3/h6-7H,4-5H2,1-3H3,(H,10,12). The summed E-state index contributed by atoms with van der Waals surface area (Å²) in [6.45, 7) is 3.90. The second-order valence-electron chi connectivity index (χ2n) is 2.48. The Morgan fingerprint density at radius 1 is 1.57 bits per heavy atom. The van der Waals surface area contributed by atoms with Crippen molar-refractivity contribution >= 4 is 12.1 Å². The minimum Gasteiger partial charge on any atom is -0.498 e. The predicted molar refractivity (Wildman–Crippen MR) is 53.6 cm³/mol. The summed E-state index contributed by atoms with van der Waals surface area (Å²) in [7, 11) is 1.54. The Morgan fingerprint density at radius 3 is 2.86 bits per heavy atom. The highest BCUT2D eigenvalue weighted by Crippen LogP contribution is 1.91. The van der Waals surface area contributed by atoms with E-state index in [0.29, 0.717) is 18.7 Å². The minimum atomic E-state index is -0.0138. The smallest absolute Gasteiger partial charge is 0.220 e. The van der Waals surface area contributed by atoms with Crippen LogP contribution in [0.15, 0.2) is 17.2 Å². The van der Waals surface area contributed by atoms with E-state index in [4.69, 9.17) is 9.57 Å². The van der Waals surface area contributed by atoms with Crippen molar-refractivity contribution in [3.8, 4) is 0 Å². The van der Waals surface area contributed by atoms with E-state index in [-0.39, 0.29) is 5.91 Å². The Morgan fingerprint density at radius 2 is 2.29 bits per heavy atom. The zero-order chi connectivity index (χ0) is 10.8. The number of rotatable bonds is 6. The summed E-state index contributed by atoms with van der Waals surface area (Å²) in [4.78, 5) is 15.5. The molecule has 0 rings (SSSR count). The Hall–Kier alpha value is -1.52. The number of oxime groups is 1. The lowest BCUT2D eigenvalue weighted by molar-refractivity contribution is -0.120. The van der Waals surface area contributed by atoms with Crippen molar-refractivity contribution in [3.05, 3.63) is 12.0 Å². The van der Waals surface area contributed by atoms with Gasteiger partial charge < -0.3 is 14.9 Å². The molecule has 0 aromatic heterocycles. The van der Waals surface area contributed by atoms with Gasteiger partial charge >= 0.3 is 0 Å². The summed E-state index contributed by atoms with van der Waals surface area (Å²) < 4.78 is 4.80. The lowest BCUT2D eigenvalue weighted by atomic mass is 10.4. The lowest BCUT2D eigenvalue weighted by Crippen LogP contribution is -2.23. The maximum absolute atomic E-state index is 10.8. The summed E-state index contributed by atoms with van der Waals surface area (Å²) in [5.74, 6) is 0.611. The van der Waals surface area contributed by atoms with E-state index in [1.54, 1.807) is 21.0 Å². The van der Waals surface area contributed by atoms with Crippen molar-refractivity contribution in [1.29, 1.82) is 0 Å². The first-order chi connectivity index (χ1) is 6.70. The molecule has 0 heterocycles. The van der Waals surface area contributed by atoms with Crippen LogP contribution in [-0.4, -0.2) is 25.8 Å². The van der Waals surface area contributed by atoms with Crippen LogP contribution >= 0.6 is 0 Å². The van der Waals surface area contributed by atoms with Gasteiger partial charge in [-0.1, -0.05) is 12.1 Å². The van der Waals surface area contributed by atoms with E-state index in [9.17, 15) is 4.79 Å². The van der Waals surface area contributed by atoms with Crippen LogP contribution in [0.2, 0.25) is 0 Å². The maximum Gasteiger partial charge on any atom is 0.220 e. The van der Waals surface area contributed by atoms with Gasteiger partial charge in [0.15, 0.2) is 6.26 Å². The van der Waals surface area contributed by atoms with Gasteiger partial charge in [-0.2, -0.15) is 0 Å². The number of nitrogens with one attached hydrogen (secondary N) is 1. The van der Waals surface area contributed by atoms with Crippen LogP contribution in [0.1, 0.15) is 20.3 Å². The number of amides is 1. The van der Waals surface area contributed by atoms with E-state index in [0.717, 1.165) is 0 Å². The van der Waals surface area contributed by atoms with E-state index in [2.05, 4.69) is 10.5 Å². The fraction of sp³-hybridized carbons (Fsp3) is 0.556. The van der Waals surface area contributed by atoms with Gasteiger partial charge in [-0.15, -0.1) is 0 Å². The minimum absolute atomic E-state index is 0.0138. The average Bonchev–Trinajstić information content (AvgIpc) is 2.22. The molecular weight excluding hydrogens is 184 g/mol. The van der Waals surface area contributed by atoms with Crippen LogP contribution in [0.5, 0.6) is 0 Å². The molecule has 0 fully saturated rings. The fourth-order valence-corrected chi connectivity index (χ4v) is 0.518. The number of hydrogen-bond acceptors (Lipinski definition) is 4. The van der Waals surface area contributed by atoms with Crippen LogP contribution in [0.25, 0.3) is 0 Å². The molecule has 0 aliphatic rings. The van der Waals surface area contributed by atoms with Gasteiger partial charge in [0.2, 0.25) is 5.91 Å². The highest BCUT2D eigenvalue weighted by molar-refractivity contribution is 5.78. The molecule has 0 unspecified atom stereocenters. The van der Waals surface area contributed by atoms with Gasteiger partial charge in [0.05, 0.1) is 19.9 Å². The Balaban J connectivity index is 3.50. The van der Waals surface area contributed by atoms with Crippen molar-refractivity contribution in [2.45, 2.75) is 20.3 Å². The molecule has 0 spiro atoms. The second-order valence-corrected chi connectivity index (χ2v) is 2.48. The summed E-state index contributed by atoms with van der Waals surface area (Å²) >= 11 is 0. The Kier molecular flexibility index (Phi) is 7.22. The molecule has 14 heavy (non-hydrogen) atoms. The predicted octanol–water partition coefficient (Wildman–Crippen LogP) is 1.02. The van der Waals surface area contributed by atoms with E-state index >= 15 is 0 Å². The third-order valence-corrected chi connectivity index (χ3v) is 1.39. The number of nitrogens with zero attached hydrogens (tertiary/aromatic N) is 1. The van der Waals surface area contributed by atoms with E-state index in [1.165, 1.54) is 12.5 Å². The zero-order valence-electron chi connectivity index (χ0n) is 8.74. The van der Waals surface area contributed by atoms with Gasteiger partial charge in [0.1, 0.15) is 5.76 Å². The van der Waals surface area contributed by atoms with Crippen LogP contribution in [-0.2, 0) is 14.4 Å². The van der Waals surface area contributed by atoms with Crippen LogP contribution < -0.4 is 5.32 Å². The summed E-state index contributed by atoms with van der Waals surface area (Å²) in [6.07, 6.45) is 3.31. The van der Waals surface area contributed by atoms with Crippen LogP contribution in [0, 0.1) is 0 Å². The van der Waals surface area contributed by atoms with Gasteiger partial charge in [-0.25, -0.2) is 0 Å². The average molecular weight is 200 g/mol. The molecule has 0 saturated heterocycles. The molecule has 0 atom stereocenters. The third kappa shape index (κ3) is 7.15. The molecule has 0 aliphatic heterocycles. The first-order valence-electron chi connectivity index (χ1n) is 4.35. The van der Waals surface area contributed by atoms with Gasteiger partial charge in [0.25, 0.3) is 0 Å². The number of hydrogen-bond donors (Lipinski definition) is 1. The van der Waals surface area contributed by atoms with Gasteiger partial charge in [-0.3, -0.25) is 4.79 Å². The number of methoxy groups -OCH3 is 1. The molecule has 1 N–H and O–H groups in total. The highest BCUT2D eigenvalue weighted by atomic mass is 16.6. The molecular formula is C9H16N2O3. The van der Waals surface area contributed by atoms with E-state index < -0.39 is 0 Å². The van der Waals surface area contributed by atoms with Crippen molar-refractivity contribution in [2.24, 2.45) is 5.16 Å². The van der Waals surface area contributed by atoms with Crippen LogP contribution in [0.3, 0.4) is 0 Å². The van der Waals surface area contributed by atoms with Gasteiger partial charge in [-0.05, 0) is 6.92 Å². The molecule has 0 aliphatic carbocycles. The number of allylic oxidation sites excluding steroid dienone is 1. The maximum atomic E-state index is 10.8.